The first-order chi connectivity index (χ1) is 9.63. The quantitative estimate of drug-likeness (QED) is 0.790. The summed E-state index contributed by atoms with van der Waals surface area (Å²) in [4.78, 5) is 0. The minimum Gasteiger partial charge on any atom is -0.380 e. The van der Waals surface area contributed by atoms with Crippen LogP contribution in [0.25, 0.3) is 0 Å². The van der Waals surface area contributed by atoms with Crippen molar-refractivity contribution < 1.29 is 4.39 Å². The fourth-order valence-corrected chi connectivity index (χ4v) is 3.09. The smallest absolute Gasteiger partial charge is 0.123 e. The number of benzene rings is 2. The Balaban J connectivity index is 1.62. The van der Waals surface area contributed by atoms with Crippen molar-refractivity contribution in [2.24, 2.45) is 0 Å². The van der Waals surface area contributed by atoms with E-state index < -0.39 is 0 Å². The molecule has 1 aliphatic rings. The van der Waals surface area contributed by atoms with Crippen LogP contribution in [0, 0.1) is 5.82 Å². The molecule has 3 rings (SSSR count). The van der Waals surface area contributed by atoms with Gasteiger partial charge in [0, 0.05) is 6.04 Å². The second kappa shape index (κ2) is 5.63. The molecular weight excluding hydrogens is 296 g/mol. The molecule has 0 saturated heterocycles. The number of halogens is 3. The molecule has 1 fully saturated rings. The van der Waals surface area contributed by atoms with E-state index in [2.05, 4.69) is 5.32 Å². The average molecular weight is 310 g/mol. The van der Waals surface area contributed by atoms with Gasteiger partial charge >= 0.3 is 0 Å². The van der Waals surface area contributed by atoms with E-state index in [0.717, 1.165) is 18.5 Å². The van der Waals surface area contributed by atoms with E-state index in [1.807, 2.05) is 30.3 Å². The minimum atomic E-state index is -0.189. The molecule has 0 bridgehead atoms. The fourth-order valence-electron chi connectivity index (χ4n) is 2.58. The summed E-state index contributed by atoms with van der Waals surface area (Å²) in [6.07, 6.45) is 2.01. The zero-order chi connectivity index (χ0) is 14.1. The molecule has 1 saturated carbocycles. The number of hydrogen-bond acceptors (Lipinski definition) is 1. The Morgan fingerprint density at radius 2 is 1.55 bits per heavy atom. The Hall–Kier alpha value is -1.25. The Morgan fingerprint density at radius 1 is 0.950 bits per heavy atom. The molecule has 2 aromatic carbocycles. The van der Waals surface area contributed by atoms with E-state index in [0.29, 0.717) is 22.0 Å². The molecular formula is C16H14Cl2FN. The van der Waals surface area contributed by atoms with E-state index in [9.17, 15) is 4.39 Å². The molecule has 20 heavy (non-hydrogen) atoms. The maximum absolute atomic E-state index is 12.9. The van der Waals surface area contributed by atoms with Crippen LogP contribution in [0.2, 0.25) is 10.0 Å². The molecule has 2 aromatic rings. The number of nitrogens with one attached hydrogen (secondary N) is 1. The third kappa shape index (κ3) is 2.77. The van der Waals surface area contributed by atoms with E-state index in [1.165, 1.54) is 17.7 Å². The Bertz CT molecular complexity index is 586. The van der Waals surface area contributed by atoms with Crippen molar-refractivity contribution in [2.75, 3.05) is 5.32 Å². The summed E-state index contributed by atoms with van der Waals surface area (Å²) in [7, 11) is 0. The topological polar surface area (TPSA) is 12.0 Å². The minimum absolute atomic E-state index is 0.189. The summed E-state index contributed by atoms with van der Waals surface area (Å²) >= 11 is 12.3. The van der Waals surface area contributed by atoms with Crippen LogP contribution in [0.1, 0.15) is 24.3 Å². The van der Waals surface area contributed by atoms with Crippen molar-refractivity contribution in [2.45, 2.75) is 24.8 Å². The van der Waals surface area contributed by atoms with Gasteiger partial charge in [0.1, 0.15) is 5.82 Å². The molecule has 0 atom stereocenters. The number of anilines is 1. The van der Waals surface area contributed by atoms with Gasteiger partial charge < -0.3 is 5.32 Å². The lowest BCUT2D eigenvalue weighted by Gasteiger charge is -2.37. The molecule has 104 valence electrons. The van der Waals surface area contributed by atoms with Crippen molar-refractivity contribution in [1.82, 2.24) is 0 Å². The van der Waals surface area contributed by atoms with E-state index in [1.54, 1.807) is 0 Å². The Labute approximate surface area is 127 Å². The molecule has 0 heterocycles. The molecule has 0 aromatic heterocycles. The van der Waals surface area contributed by atoms with Crippen molar-refractivity contribution >= 4 is 28.9 Å². The predicted octanol–water partition coefficient (Wildman–Crippen LogP) is 5.49. The van der Waals surface area contributed by atoms with Gasteiger partial charge in [-0.1, -0.05) is 41.4 Å². The van der Waals surface area contributed by atoms with Gasteiger partial charge in [0.2, 0.25) is 0 Å². The summed E-state index contributed by atoms with van der Waals surface area (Å²) < 4.78 is 12.9. The van der Waals surface area contributed by atoms with Gasteiger partial charge in [-0.05, 0) is 48.6 Å². The standard InChI is InChI=1S/C16H14Cl2FN/c17-14-2-1-3-15(18)16(14)20-13-8-11(9-13)10-4-6-12(19)7-5-10/h1-7,11,13,20H,8-9H2. The first-order valence-electron chi connectivity index (χ1n) is 6.59. The molecule has 1 N–H and O–H groups in total. The number of rotatable bonds is 3. The number of para-hydroxylation sites is 1. The van der Waals surface area contributed by atoms with Gasteiger partial charge in [0.15, 0.2) is 0 Å². The summed E-state index contributed by atoms with van der Waals surface area (Å²) in [6.45, 7) is 0. The highest BCUT2D eigenvalue weighted by Gasteiger charge is 2.30. The predicted molar refractivity (Wildman–Crippen MR) is 82.2 cm³/mol. The van der Waals surface area contributed by atoms with E-state index in [-0.39, 0.29) is 5.82 Å². The van der Waals surface area contributed by atoms with Gasteiger partial charge in [-0.25, -0.2) is 4.39 Å². The van der Waals surface area contributed by atoms with Crippen molar-refractivity contribution in [1.29, 1.82) is 0 Å². The van der Waals surface area contributed by atoms with Crippen molar-refractivity contribution in [3.8, 4) is 0 Å². The lowest BCUT2D eigenvalue weighted by Crippen LogP contribution is -2.34. The Kier molecular flexibility index (Phi) is 3.86. The first kappa shape index (κ1) is 13.7. The zero-order valence-corrected chi connectivity index (χ0v) is 12.3. The van der Waals surface area contributed by atoms with Crippen molar-refractivity contribution in [3.63, 3.8) is 0 Å². The molecule has 0 spiro atoms. The highest BCUT2D eigenvalue weighted by Crippen LogP contribution is 2.40. The summed E-state index contributed by atoms with van der Waals surface area (Å²) in [5.74, 6) is 0.292. The molecule has 1 nitrogen and oxygen atoms in total. The SMILES string of the molecule is Fc1ccc(C2CC(Nc3c(Cl)cccc3Cl)C2)cc1. The average Bonchev–Trinajstić information content (AvgIpc) is 2.38. The molecule has 0 unspecified atom stereocenters. The summed E-state index contributed by atoms with van der Waals surface area (Å²) in [5, 5.41) is 4.67. The normalized spacial score (nSPS) is 21.4. The molecule has 0 amide bonds. The second-order valence-corrected chi connectivity index (χ2v) is 5.97. The van der Waals surface area contributed by atoms with Crippen LogP contribution < -0.4 is 5.32 Å². The summed E-state index contributed by atoms with van der Waals surface area (Å²) in [6, 6.07) is 12.6. The lowest BCUT2D eigenvalue weighted by molar-refractivity contribution is 0.374. The molecule has 1 aliphatic carbocycles. The van der Waals surface area contributed by atoms with Gasteiger partial charge in [0.25, 0.3) is 0 Å². The lowest BCUT2D eigenvalue weighted by atomic mass is 9.76. The number of hydrogen-bond donors (Lipinski definition) is 1. The van der Waals surface area contributed by atoms with E-state index >= 15 is 0 Å². The van der Waals surface area contributed by atoms with Crippen LogP contribution in [0.3, 0.4) is 0 Å². The van der Waals surface area contributed by atoms with Crippen LogP contribution in [0.4, 0.5) is 10.1 Å². The van der Waals surface area contributed by atoms with Gasteiger partial charge in [-0.2, -0.15) is 0 Å². The van der Waals surface area contributed by atoms with Crippen LogP contribution in [-0.2, 0) is 0 Å². The van der Waals surface area contributed by atoms with Gasteiger partial charge in [-0.15, -0.1) is 0 Å². The second-order valence-electron chi connectivity index (χ2n) is 5.16. The first-order valence-corrected chi connectivity index (χ1v) is 7.35. The third-order valence-electron chi connectivity index (χ3n) is 3.79. The van der Waals surface area contributed by atoms with E-state index in [4.69, 9.17) is 23.2 Å². The van der Waals surface area contributed by atoms with Crippen LogP contribution in [0.5, 0.6) is 0 Å². The van der Waals surface area contributed by atoms with Crippen LogP contribution >= 0.6 is 23.2 Å². The van der Waals surface area contributed by atoms with Crippen LogP contribution in [0.15, 0.2) is 42.5 Å². The maximum Gasteiger partial charge on any atom is 0.123 e. The largest absolute Gasteiger partial charge is 0.380 e. The summed E-state index contributed by atoms with van der Waals surface area (Å²) in [5.41, 5.74) is 1.99. The van der Waals surface area contributed by atoms with Gasteiger partial charge in [-0.3, -0.25) is 0 Å². The third-order valence-corrected chi connectivity index (χ3v) is 4.42. The highest BCUT2D eigenvalue weighted by atomic mass is 35.5. The fraction of sp³-hybridized carbons (Fsp3) is 0.250. The molecule has 4 heteroatoms. The van der Waals surface area contributed by atoms with Crippen LogP contribution in [-0.4, -0.2) is 6.04 Å². The molecule has 0 radical (unpaired) electrons. The van der Waals surface area contributed by atoms with Gasteiger partial charge in [0.05, 0.1) is 15.7 Å². The monoisotopic (exact) mass is 309 g/mol. The zero-order valence-electron chi connectivity index (χ0n) is 10.7. The highest BCUT2D eigenvalue weighted by molar-refractivity contribution is 6.39. The maximum atomic E-state index is 12.9. The molecule has 0 aliphatic heterocycles. The van der Waals surface area contributed by atoms with Crippen molar-refractivity contribution in [3.05, 3.63) is 63.9 Å². The Morgan fingerprint density at radius 3 is 2.15 bits per heavy atom.